The fourth-order valence-corrected chi connectivity index (χ4v) is 5.10. The van der Waals surface area contributed by atoms with Gasteiger partial charge < -0.3 is 24.3 Å². The summed E-state index contributed by atoms with van der Waals surface area (Å²) in [6, 6.07) is 29.3. The number of thiocarbonyl (C=S) groups is 1. The highest BCUT2D eigenvalue weighted by Gasteiger charge is 2.42. The zero-order chi connectivity index (χ0) is 25.9. The van der Waals surface area contributed by atoms with Crippen molar-refractivity contribution < 1.29 is 9.47 Å². The number of hydrogen-bond donors (Lipinski definition) is 1. The van der Waals surface area contributed by atoms with Crippen LogP contribution in [0.1, 0.15) is 23.5 Å². The summed E-state index contributed by atoms with van der Waals surface area (Å²) in [6.07, 6.45) is 7.49. The van der Waals surface area contributed by atoms with E-state index in [9.17, 15) is 0 Å². The first-order valence-corrected chi connectivity index (χ1v) is 12.6. The fraction of sp³-hybridized carbons (Fsp3) is 0.100. The average molecular weight is 520 g/mol. The number of nitrogens with one attached hydrogen (secondary N) is 1. The number of aromatic nitrogens is 3. The van der Waals surface area contributed by atoms with Crippen LogP contribution in [0, 0.1) is 0 Å². The van der Waals surface area contributed by atoms with Crippen molar-refractivity contribution in [3.8, 4) is 22.9 Å². The number of anilines is 1. The first-order valence-electron chi connectivity index (χ1n) is 12.2. The number of benzene rings is 2. The highest BCUT2D eigenvalue weighted by Crippen LogP contribution is 2.42. The quantitative estimate of drug-likeness (QED) is 0.255. The number of pyridine rings is 2. The maximum absolute atomic E-state index is 6.05. The normalized spacial score (nSPS) is 16.8. The number of rotatable bonds is 7. The van der Waals surface area contributed by atoms with E-state index >= 15 is 0 Å². The molecule has 1 N–H and O–H groups in total. The average Bonchev–Trinajstić information content (AvgIpc) is 3.59. The Morgan fingerprint density at radius 2 is 1.55 bits per heavy atom. The van der Waals surface area contributed by atoms with Crippen LogP contribution in [0.15, 0.2) is 116 Å². The van der Waals surface area contributed by atoms with Gasteiger partial charge in [0.15, 0.2) is 5.11 Å². The van der Waals surface area contributed by atoms with Crippen LogP contribution in [-0.4, -0.2) is 26.8 Å². The molecule has 5 aromatic rings. The Labute approximate surface area is 226 Å². The van der Waals surface area contributed by atoms with Crippen LogP contribution in [0.2, 0.25) is 0 Å². The molecule has 188 valence electrons. The summed E-state index contributed by atoms with van der Waals surface area (Å²) in [5, 5.41) is 4.16. The highest BCUT2D eigenvalue weighted by atomic mass is 32.1. The Morgan fingerprint density at radius 3 is 2.24 bits per heavy atom. The Hall–Kier alpha value is -4.69. The van der Waals surface area contributed by atoms with Crippen molar-refractivity contribution in [1.82, 2.24) is 19.9 Å². The summed E-state index contributed by atoms with van der Waals surface area (Å²) < 4.78 is 13.4. The van der Waals surface area contributed by atoms with Crippen LogP contribution >= 0.6 is 12.2 Å². The first-order chi connectivity index (χ1) is 18.7. The molecule has 2 atom stereocenters. The van der Waals surface area contributed by atoms with E-state index in [2.05, 4.69) is 30.8 Å². The molecule has 7 nitrogen and oxygen atoms in total. The molecule has 2 unspecified atom stereocenters. The van der Waals surface area contributed by atoms with Gasteiger partial charge in [0.05, 0.1) is 30.7 Å². The molecule has 38 heavy (non-hydrogen) atoms. The van der Waals surface area contributed by atoms with E-state index < -0.39 is 0 Å². The van der Waals surface area contributed by atoms with Gasteiger partial charge in [0.2, 0.25) is 0 Å². The van der Waals surface area contributed by atoms with Crippen LogP contribution < -0.4 is 19.7 Å². The van der Waals surface area contributed by atoms with Crippen LogP contribution in [0.25, 0.3) is 5.69 Å². The van der Waals surface area contributed by atoms with Gasteiger partial charge >= 0.3 is 0 Å². The van der Waals surface area contributed by atoms with Crippen LogP contribution in [0.5, 0.6) is 17.2 Å². The van der Waals surface area contributed by atoms with Gasteiger partial charge in [0.25, 0.3) is 0 Å². The van der Waals surface area contributed by atoms with Crippen LogP contribution in [0.4, 0.5) is 5.69 Å². The van der Waals surface area contributed by atoms with E-state index in [1.54, 1.807) is 13.3 Å². The summed E-state index contributed by atoms with van der Waals surface area (Å²) in [5.41, 5.74) is 3.92. The molecular formula is C30H25N5O2S. The largest absolute Gasteiger partial charge is 0.497 e. The van der Waals surface area contributed by atoms with Crippen molar-refractivity contribution in [3.63, 3.8) is 0 Å². The molecule has 3 aromatic heterocycles. The molecule has 1 saturated heterocycles. The van der Waals surface area contributed by atoms with E-state index in [1.165, 1.54) is 0 Å². The summed E-state index contributed by atoms with van der Waals surface area (Å²) in [5.74, 6) is 2.25. The zero-order valence-corrected chi connectivity index (χ0v) is 21.5. The minimum absolute atomic E-state index is 0.149. The number of nitrogens with zero attached hydrogens (tertiary/aromatic N) is 4. The standard InChI is InChI=1S/C30H25N5O2S/c1-36-23-13-15-25(16-14-23)37-24-11-9-21(10-12-24)35-29(28(33-30(35)38)26-7-2-3-18-32-26)27-8-5-19-34(27)22-6-4-17-31-20-22/h2-20,28-29H,1H3,(H,33,38). The minimum Gasteiger partial charge on any atom is -0.497 e. The molecule has 8 heteroatoms. The van der Waals surface area contributed by atoms with Crippen molar-refractivity contribution >= 4 is 23.0 Å². The number of methoxy groups -OCH3 is 1. The van der Waals surface area contributed by atoms with E-state index in [4.69, 9.17) is 21.7 Å². The van der Waals surface area contributed by atoms with Gasteiger partial charge in [-0.15, -0.1) is 0 Å². The van der Waals surface area contributed by atoms with Gasteiger partial charge in [-0.05, 0) is 97.1 Å². The molecule has 1 fully saturated rings. The SMILES string of the molecule is COc1ccc(Oc2ccc(N3C(=S)NC(c4ccccn4)C3c3cccn3-c3cccnc3)cc2)cc1. The molecule has 1 aliphatic heterocycles. The van der Waals surface area contributed by atoms with Gasteiger partial charge in [0, 0.05) is 30.0 Å². The highest BCUT2D eigenvalue weighted by molar-refractivity contribution is 7.80. The van der Waals surface area contributed by atoms with E-state index in [0.29, 0.717) is 5.11 Å². The van der Waals surface area contributed by atoms with Crippen molar-refractivity contribution in [1.29, 1.82) is 0 Å². The topological polar surface area (TPSA) is 64.4 Å². The molecule has 0 amide bonds. The zero-order valence-electron chi connectivity index (χ0n) is 20.6. The lowest BCUT2D eigenvalue weighted by atomic mass is 10.0. The van der Waals surface area contributed by atoms with Gasteiger partial charge in [-0.1, -0.05) is 6.07 Å². The third-order valence-electron chi connectivity index (χ3n) is 6.52. The molecule has 4 heterocycles. The molecule has 6 rings (SSSR count). The maximum Gasteiger partial charge on any atom is 0.174 e. The molecule has 0 saturated carbocycles. The molecule has 1 aliphatic rings. The van der Waals surface area contributed by atoms with Crippen LogP contribution in [0.3, 0.4) is 0 Å². The molecule has 0 aliphatic carbocycles. The summed E-state index contributed by atoms with van der Waals surface area (Å²) in [7, 11) is 1.64. The number of ether oxygens (including phenoxy) is 2. The Morgan fingerprint density at radius 1 is 0.789 bits per heavy atom. The lowest BCUT2D eigenvalue weighted by molar-refractivity contribution is 0.413. The maximum atomic E-state index is 6.05. The Balaban J connectivity index is 1.36. The predicted octanol–water partition coefficient (Wildman–Crippen LogP) is 6.25. The van der Waals surface area contributed by atoms with Gasteiger partial charge in [-0.3, -0.25) is 9.97 Å². The van der Waals surface area contributed by atoms with E-state index in [0.717, 1.165) is 40.0 Å². The van der Waals surface area contributed by atoms with E-state index in [-0.39, 0.29) is 12.1 Å². The van der Waals surface area contributed by atoms with Gasteiger partial charge in [-0.2, -0.15) is 0 Å². The smallest absolute Gasteiger partial charge is 0.174 e. The minimum atomic E-state index is -0.152. The van der Waals surface area contributed by atoms with Crippen molar-refractivity contribution in [2.24, 2.45) is 0 Å². The summed E-state index contributed by atoms with van der Waals surface area (Å²) in [6.45, 7) is 0. The van der Waals surface area contributed by atoms with Crippen molar-refractivity contribution in [3.05, 3.63) is 127 Å². The van der Waals surface area contributed by atoms with Crippen molar-refractivity contribution in [2.75, 3.05) is 12.0 Å². The third kappa shape index (κ3) is 4.57. The summed E-state index contributed by atoms with van der Waals surface area (Å²) >= 11 is 5.89. The van der Waals surface area contributed by atoms with Gasteiger partial charge in [-0.25, -0.2) is 0 Å². The van der Waals surface area contributed by atoms with E-state index in [1.807, 2.05) is 104 Å². The fourth-order valence-electron chi connectivity index (χ4n) is 4.75. The molecule has 0 spiro atoms. The molecule has 0 bridgehead atoms. The number of hydrogen-bond acceptors (Lipinski definition) is 5. The van der Waals surface area contributed by atoms with Crippen LogP contribution in [-0.2, 0) is 0 Å². The third-order valence-corrected chi connectivity index (χ3v) is 6.83. The first kappa shape index (κ1) is 23.7. The molecular weight excluding hydrogens is 494 g/mol. The Bertz CT molecular complexity index is 1520. The molecule has 2 aromatic carbocycles. The predicted molar refractivity (Wildman–Crippen MR) is 151 cm³/mol. The second-order valence-electron chi connectivity index (χ2n) is 8.78. The lowest BCUT2D eigenvalue weighted by Gasteiger charge is -2.29. The van der Waals surface area contributed by atoms with Gasteiger partial charge in [0.1, 0.15) is 23.3 Å². The van der Waals surface area contributed by atoms with Crippen molar-refractivity contribution in [2.45, 2.75) is 12.1 Å². The monoisotopic (exact) mass is 519 g/mol. The Kier molecular flexibility index (Phi) is 6.46. The molecule has 0 radical (unpaired) electrons. The second kappa shape index (κ2) is 10.4. The summed E-state index contributed by atoms with van der Waals surface area (Å²) in [4.78, 5) is 11.1. The lowest BCUT2D eigenvalue weighted by Crippen LogP contribution is -2.30. The second-order valence-corrected chi connectivity index (χ2v) is 9.17.